The highest BCUT2D eigenvalue weighted by Gasteiger charge is 2.61. The second kappa shape index (κ2) is 7.06. The van der Waals surface area contributed by atoms with E-state index in [4.69, 9.17) is 0 Å². The van der Waals surface area contributed by atoms with Gasteiger partial charge in [-0.3, -0.25) is 0 Å². The molecule has 13 heteroatoms. The molecule has 1 N–H and O–H groups in total. The van der Waals surface area contributed by atoms with Crippen molar-refractivity contribution in [2.24, 2.45) is 0 Å². The van der Waals surface area contributed by atoms with Crippen LogP contribution in [-0.2, 0) is 24.1 Å². The predicted octanol–water partition coefficient (Wildman–Crippen LogP) is 6.54. The van der Waals surface area contributed by atoms with Crippen molar-refractivity contribution in [3.05, 3.63) is 70.3 Å². The second-order valence-corrected chi connectivity index (χ2v) is 5.98. The fraction of sp³-hybridized carbons (Fsp3) is 0.294. The molecule has 0 aromatic heterocycles. The first-order chi connectivity index (χ1) is 13.3. The number of hydrogen-bond donors (Lipinski definition) is 1. The van der Waals surface area contributed by atoms with Gasteiger partial charge in [-0.05, 0) is 11.6 Å². The zero-order valence-electron chi connectivity index (χ0n) is 14.0. The SMILES string of the molecule is OC(c1ccccc1)(c1ccc(C(F)(F)F)c(C(F)(F)F)c1C(F)(F)F)C(F)(F)F. The summed E-state index contributed by atoms with van der Waals surface area (Å²) in [6.07, 6.45) is -24.7. The van der Waals surface area contributed by atoms with E-state index in [9.17, 15) is 57.8 Å². The number of alkyl halides is 12. The average molecular weight is 456 g/mol. The minimum Gasteiger partial charge on any atom is -0.372 e. The van der Waals surface area contributed by atoms with Crippen molar-refractivity contribution in [1.82, 2.24) is 0 Å². The smallest absolute Gasteiger partial charge is 0.372 e. The molecule has 30 heavy (non-hydrogen) atoms. The van der Waals surface area contributed by atoms with Crippen molar-refractivity contribution in [2.45, 2.75) is 30.3 Å². The lowest BCUT2D eigenvalue weighted by atomic mass is 9.80. The van der Waals surface area contributed by atoms with Crippen LogP contribution in [0.4, 0.5) is 52.7 Å². The summed E-state index contributed by atoms with van der Waals surface area (Å²) < 4.78 is 160. The molecule has 0 saturated heterocycles. The molecule has 0 aliphatic rings. The van der Waals surface area contributed by atoms with E-state index in [1.165, 1.54) is 0 Å². The summed E-state index contributed by atoms with van der Waals surface area (Å²) in [6.45, 7) is 0. The molecule has 0 aliphatic carbocycles. The van der Waals surface area contributed by atoms with Crippen LogP contribution in [-0.4, -0.2) is 11.3 Å². The van der Waals surface area contributed by atoms with E-state index in [2.05, 4.69) is 0 Å². The third-order valence-electron chi connectivity index (χ3n) is 4.07. The van der Waals surface area contributed by atoms with Crippen LogP contribution < -0.4 is 0 Å². The minimum absolute atomic E-state index is 0.457. The molecule has 0 saturated carbocycles. The third-order valence-corrected chi connectivity index (χ3v) is 4.07. The minimum atomic E-state index is -6.35. The highest BCUT2D eigenvalue weighted by Crippen LogP contribution is 2.53. The van der Waals surface area contributed by atoms with E-state index in [0.29, 0.717) is 12.1 Å². The number of halogens is 12. The number of rotatable bonds is 2. The van der Waals surface area contributed by atoms with Crippen LogP contribution in [0.3, 0.4) is 0 Å². The molecule has 0 amide bonds. The highest BCUT2D eigenvalue weighted by molar-refractivity contribution is 5.52. The molecule has 1 nitrogen and oxygen atoms in total. The first-order valence-electron chi connectivity index (χ1n) is 7.56. The van der Waals surface area contributed by atoms with E-state index in [1.54, 1.807) is 0 Å². The molecule has 2 rings (SSSR count). The molecule has 0 fully saturated rings. The van der Waals surface area contributed by atoms with Gasteiger partial charge in [0.1, 0.15) is 0 Å². The summed E-state index contributed by atoms with van der Waals surface area (Å²) in [4.78, 5) is 0. The lowest BCUT2D eigenvalue weighted by Crippen LogP contribution is -2.45. The molecule has 0 aliphatic heterocycles. The highest BCUT2D eigenvalue weighted by atomic mass is 19.4. The normalized spacial score (nSPS) is 15.8. The zero-order valence-corrected chi connectivity index (χ0v) is 14.0. The molecule has 2 aromatic carbocycles. The van der Waals surface area contributed by atoms with Crippen molar-refractivity contribution in [3.63, 3.8) is 0 Å². The van der Waals surface area contributed by atoms with Gasteiger partial charge in [-0.15, -0.1) is 0 Å². The van der Waals surface area contributed by atoms with Gasteiger partial charge in [0, 0.05) is 5.56 Å². The van der Waals surface area contributed by atoms with Crippen LogP contribution in [0.15, 0.2) is 42.5 Å². The van der Waals surface area contributed by atoms with E-state index < -0.39 is 70.3 Å². The zero-order chi connectivity index (χ0) is 23.3. The Bertz CT molecular complexity index is 906. The van der Waals surface area contributed by atoms with Crippen molar-refractivity contribution in [2.75, 3.05) is 0 Å². The molecule has 0 spiro atoms. The lowest BCUT2D eigenvalue weighted by molar-refractivity contribution is -0.251. The van der Waals surface area contributed by atoms with E-state index >= 15 is 0 Å². The van der Waals surface area contributed by atoms with Gasteiger partial charge in [-0.2, -0.15) is 52.7 Å². The van der Waals surface area contributed by atoms with Gasteiger partial charge in [0.2, 0.25) is 5.60 Å². The molecule has 0 bridgehead atoms. The largest absolute Gasteiger partial charge is 0.425 e. The van der Waals surface area contributed by atoms with Gasteiger partial charge < -0.3 is 5.11 Å². The third kappa shape index (κ3) is 4.07. The van der Waals surface area contributed by atoms with Gasteiger partial charge in [-0.1, -0.05) is 36.4 Å². The Balaban J connectivity index is 3.13. The lowest BCUT2D eigenvalue weighted by Gasteiger charge is -2.35. The first-order valence-corrected chi connectivity index (χ1v) is 7.56. The van der Waals surface area contributed by atoms with E-state index in [-0.39, 0.29) is 0 Å². The fourth-order valence-electron chi connectivity index (χ4n) is 2.88. The summed E-state index contributed by atoms with van der Waals surface area (Å²) in [5, 5.41) is 10.2. The van der Waals surface area contributed by atoms with Crippen molar-refractivity contribution in [1.29, 1.82) is 0 Å². The maximum absolute atomic E-state index is 13.7. The molecular weight excluding hydrogens is 448 g/mol. The summed E-state index contributed by atoms with van der Waals surface area (Å²) >= 11 is 0. The Hall–Kier alpha value is -2.44. The Morgan fingerprint density at radius 3 is 1.27 bits per heavy atom. The summed E-state index contributed by atoms with van der Waals surface area (Å²) in [5.74, 6) is 0. The van der Waals surface area contributed by atoms with E-state index in [1.807, 2.05) is 0 Å². The van der Waals surface area contributed by atoms with Crippen molar-refractivity contribution >= 4 is 0 Å². The monoisotopic (exact) mass is 456 g/mol. The van der Waals surface area contributed by atoms with Crippen molar-refractivity contribution in [3.8, 4) is 0 Å². The Morgan fingerprint density at radius 2 is 0.900 bits per heavy atom. The first kappa shape index (κ1) is 23.8. The van der Waals surface area contributed by atoms with Gasteiger partial charge >= 0.3 is 24.7 Å². The maximum atomic E-state index is 13.7. The fourth-order valence-corrected chi connectivity index (χ4v) is 2.88. The molecule has 0 heterocycles. The number of benzene rings is 2. The summed E-state index contributed by atoms with van der Waals surface area (Å²) in [7, 11) is 0. The van der Waals surface area contributed by atoms with Gasteiger partial charge in [0.25, 0.3) is 0 Å². The van der Waals surface area contributed by atoms with E-state index in [0.717, 1.165) is 18.2 Å². The van der Waals surface area contributed by atoms with Crippen LogP contribution >= 0.6 is 0 Å². The summed E-state index contributed by atoms with van der Waals surface area (Å²) in [5.41, 5.74) is -18.0. The molecule has 1 unspecified atom stereocenters. The second-order valence-electron chi connectivity index (χ2n) is 5.98. The Kier molecular flexibility index (Phi) is 5.61. The average Bonchev–Trinajstić information content (AvgIpc) is 2.57. The van der Waals surface area contributed by atoms with Gasteiger partial charge in [0.15, 0.2) is 0 Å². The van der Waals surface area contributed by atoms with Crippen LogP contribution in [0, 0.1) is 0 Å². The quantitative estimate of drug-likeness (QED) is 0.509. The molecular formula is C17H8F12O. The maximum Gasteiger partial charge on any atom is 0.425 e. The molecule has 0 radical (unpaired) electrons. The number of hydrogen-bond acceptors (Lipinski definition) is 1. The van der Waals surface area contributed by atoms with Crippen LogP contribution in [0.1, 0.15) is 27.8 Å². The molecule has 1 atom stereocenters. The van der Waals surface area contributed by atoms with Crippen LogP contribution in [0.5, 0.6) is 0 Å². The predicted molar refractivity (Wildman–Crippen MR) is 76.9 cm³/mol. The Morgan fingerprint density at radius 1 is 0.500 bits per heavy atom. The molecule has 166 valence electrons. The van der Waals surface area contributed by atoms with Crippen molar-refractivity contribution < 1.29 is 57.8 Å². The summed E-state index contributed by atoms with van der Waals surface area (Å²) in [6, 6.07) is 2.69. The van der Waals surface area contributed by atoms with Gasteiger partial charge in [-0.25, -0.2) is 0 Å². The van der Waals surface area contributed by atoms with Crippen LogP contribution in [0.2, 0.25) is 0 Å². The standard InChI is InChI=1S/C17H8F12O/c18-14(19,20)10-7-6-9(11(15(21,22)23)12(10)16(24,25)26)13(30,17(27,28)29)8-4-2-1-3-5-8/h1-7,30H. The van der Waals surface area contributed by atoms with Crippen LogP contribution in [0.25, 0.3) is 0 Å². The molecule has 2 aromatic rings. The topological polar surface area (TPSA) is 20.2 Å². The Labute approximate surface area is 159 Å². The number of aliphatic hydroxyl groups is 1. The van der Waals surface area contributed by atoms with Gasteiger partial charge in [0.05, 0.1) is 16.7 Å².